The summed E-state index contributed by atoms with van der Waals surface area (Å²) in [7, 11) is 0. The lowest BCUT2D eigenvalue weighted by molar-refractivity contribution is -0.383. The maximum absolute atomic E-state index is 12.5. The lowest BCUT2D eigenvalue weighted by Gasteiger charge is -2.42. The summed E-state index contributed by atoms with van der Waals surface area (Å²) in [5.74, 6) is -0.224. The van der Waals surface area contributed by atoms with E-state index in [1.165, 1.54) is 18.2 Å². The predicted octanol–water partition coefficient (Wildman–Crippen LogP) is 1.38. The highest BCUT2D eigenvalue weighted by Gasteiger charge is 2.35. The number of carbonyl (C=O) groups excluding carboxylic acids is 1. The molecule has 21 heavy (non-hydrogen) atoms. The maximum Gasteiger partial charge on any atom is 0.292 e. The fraction of sp³-hybridized carbons (Fsp3) is 0.500. The number of piperidine rings is 1. The molecule has 0 radical (unpaired) electrons. The van der Waals surface area contributed by atoms with E-state index in [9.17, 15) is 14.9 Å². The van der Waals surface area contributed by atoms with E-state index in [1.807, 2.05) is 13.8 Å². The number of nitro benzene ring substituents is 1. The fourth-order valence-electron chi connectivity index (χ4n) is 2.56. The molecule has 114 valence electrons. The average molecular weight is 292 g/mol. The molecule has 1 amide bonds. The van der Waals surface area contributed by atoms with Crippen LogP contribution in [-0.4, -0.2) is 34.9 Å². The van der Waals surface area contributed by atoms with Crippen LogP contribution in [0.15, 0.2) is 18.2 Å². The first-order valence-electron chi connectivity index (χ1n) is 6.81. The number of nitrogen functional groups attached to an aromatic ring is 1. The Morgan fingerprint density at radius 2 is 2.14 bits per heavy atom. The van der Waals surface area contributed by atoms with Crippen molar-refractivity contribution in [3.63, 3.8) is 0 Å². The topological polar surface area (TPSA) is 115 Å². The van der Waals surface area contributed by atoms with Gasteiger partial charge in [-0.15, -0.1) is 0 Å². The molecule has 1 aromatic rings. The Balaban J connectivity index is 2.25. The van der Waals surface area contributed by atoms with Gasteiger partial charge in [-0.1, -0.05) is 13.8 Å². The molecule has 2 rings (SSSR count). The molecule has 0 saturated carbocycles. The summed E-state index contributed by atoms with van der Waals surface area (Å²) in [6.07, 6.45) is 0.718. The molecule has 1 aromatic carbocycles. The molecule has 1 aliphatic rings. The Morgan fingerprint density at radius 1 is 1.48 bits per heavy atom. The smallest absolute Gasteiger partial charge is 0.292 e. The second-order valence-corrected chi connectivity index (χ2v) is 6.14. The van der Waals surface area contributed by atoms with Crippen LogP contribution in [0.25, 0.3) is 0 Å². The van der Waals surface area contributed by atoms with Crippen LogP contribution in [0.5, 0.6) is 0 Å². The summed E-state index contributed by atoms with van der Waals surface area (Å²) in [5.41, 5.74) is 11.5. The molecule has 1 unspecified atom stereocenters. The lowest BCUT2D eigenvalue weighted by atomic mass is 9.79. The van der Waals surface area contributed by atoms with E-state index in [-0.39, 0.29) is 34.3 Å². The van der Waals surface area contributed by atoms with Gasteiger partial charge < -0.3 is 16.4 Å². The number of benzene rings is 1. The van der Waals surface area contributed by atoms with Gasteiger partial charge in [-0.25, -0.2) is 0 Å². The van der Waals surface area contributed by atoms with Crippen LogP contribution in [0.1, 0.15) is 30.6 Å². The number of amides is 1. The van der Waals surface area contributed by atoms with Crippen LogP contribution >= 0.6 is 0 Å². The quantitative estimate of drug-likeness (QED) is 0.485. The van der Waals surface area contributed by atoms with Gasteiger partial charge in [0, 0.05) is 30.8 Å². The second kappa shape index (κ2) is 5.33. The Kier molecular flexibility index (Phi) is 3.87. The molecule has 1 fully saturated rings. The number of likely N-dealkylation sites (tertiary alicyclic amines) is 1. The SMILES string of the molecule is CC1(C)CN(C(=O)c2ccc(N)c([N+](=O)[O-])c2)CCC1N. The lowest BCUT2D eigenvalue weighted by Crippen LogP contribution is -2.54. The third-order valence-electron chi connectivity index (χ3n) is 4.07. The van der Waals surface area contributed by atoms with Crippen molar-refractivity contribution in [2.45, 2.75) is 26.3 Å². The highest BCUT2D eigenvalue weighted by atomic mass is 16.6. The van der Waals surface area contributed by atoms with Crippen molar-refractivity contribution in [3.05, 3.63) is 33.9 Å². The first kappa shape index (κ1) is 15.2. The van der Waals surface area contributed by atoms with Crippen molar-refractivity contribution in [3.8, 4) is 0 Å². The number of anilines is 1. The van der Waals surface area contributed by atoms with Crippen LogP contribution in [0.3, 0.4) is 0 Å². The van der Waals surface area contributed by atoms with Gasteiger partial charge in [-0.05, 0) is 24.0 Å². The number of hydrogen-bond acceptors (Lipinski definition) is 5. The molecule has 0 aliphatic carbocycles. The molecular weight excluding hydrogens is 272 g/mol. The third kappa shape index (κ3) is 2.97. The largest absolute Gasteiger partial charge is 0.393 e. The standard InChI is InChI=1S/C14H20N4O3/c1-14(2)8-17(6-5-12(14)16)13(19)9-3-4-10(15)11(7-9)18(20)21/h3-4,7,12H,5-6,8,15-16H2,1-2H3. The first-order chi connectivity index (χ1) is 9.72. The van der Waals surface area contributed by atoms with Crippen molar-refractivity contribution < 1.29 is 9.72 Å². The van der Waals surface area contributed by atoms with Gasteiger partial charge in [0.25, 0.3) is 11.6 Å². The Bertz CT molecular complexity index is 586. The van der Waals surface area contributed by atoms with Crippen LogP contribution in [0.4, 0.5) is 11.4 Å². The Hall–Kier alpha value is -2.15. The molecule has 0 spiro atoms. The molecule has 0 bridgehead atoms. The summed E-state index contributed by atoms with van der Waals surface area (Å²) in [6, 6.07) is 4.19. The van der Waals surface area contributed by atoms with E-state index in [0.717, 1.165) is 6.42 Å². The Morgan fingerprint density at radius 3 is 2.71 bits per heavy atom. The second-order valence-electron chi connectivity index (χ2n) is 6.14. The van der Waals surface area contributed by atoms with Crippen molar-refractivity contribution in [2.75, 3.05) is 18.8 Å². The molecule has 1 saturated heterocycles. The maximum atomic E-state index is 12.5. The zero-order chi connectivity index (χ0) is 15.8. The highest BCUT2D eigenvalue weighted by molar-refractivity contribution is 5.95. The number of nitrogens with two attached hydrogens (primary N) is 2. The summed E-state index contributed by atoms with van der Waals surface area (Å²) >= 11 is 0. The van der Waals surface area contributed by atoms with E-state index < -0.39 is 4.92 Å². The minimum atomic E-state index is -0.581. The highest BCUT2D eigenvalue weighted by Crippen LogP contribution is 2.29. The number of rotatable bonds is 2. The molecule has 0 aromatic heterocycles. The molecule has 4 N–H and O–H groups in total. The van der Waals surface area contributed by atoms with Gasteiger partial charge in [0.05, 0.1) is 4.92 Å². The predicted molar refractivity (Wildman–Crippen MR) is 79.8 cm³/mol. The monoisotopic (exact) mass is 292 g/mol. The van der Waals surface area contributed by atoms with Gasteiger partial charge in [0.2, 0.25) is 0 Å². The summed E-state index contributed by atoms with van der Waals surface area (Å²) in [4.78, 5) is 24.5. The average Bonchev–Trinajstić information content (AvgIpc) is 2.41. The first-order valence-corrected chi connectivity index (χ1v) is 6.81. The van der Waals surface area contributed by atoms with E-state index >= 15 is 0 Å². The summed E-state index contributed by atoms with van der Waals surface area (Å²) in [6.45, 7) is 5.12. The molecule has 7 nitrogen and oxygen atoms in total. The number of carbonyl (C=O) groups is 1. The van der Waals surface area contributed by atoms with Gasteiger partial charge in [0.1, 0.15) is 5.69 Å². The Labute approximate surface area is 123 Å². The van der Waals surface area contributed by atoms with Gasteiger partial charge in [-0.2, -0.15) is 0 Å². The van der Waals surface area contributed by atoms with E-state index in [2.05, 4.69) is 0 Å². The normalized spacial score (nSPS) is 21.1. The molecule has 7 heteroatoms. The summed E-state index contributed by atoms with van der Waals surface area (Å²) < 4.78 is 0. The van der Waals surface area contributed by atoms with Gasteiger partial charge in [0.15, 0.2) is 0 Å². The molecule has 1 heterocycles. The number of hydrogen-bond donors (Lipinski definition) is 2. The number of nitro groups is 1. The van der Waals surface area contributed by atoms with Crippen molar-refractivity contribution in [2.24, 2.45) is 11.1 Å². The van der Waals surface area contributed by atoms with Crippen molar-refractivity contribution >= 4 is 17.3 Å². The van der Waals surface area contributed by atoms with E-state index in [4.69, 9.17) is 11.5 Å². The molecule has 1 aliphatic heterocycles. The van der Waals surface area contributed by atoms with Gasteiger partial charge in [-0.3, -0.25) is 14.9 Å². The van der Waals surface area contributed by atoms with Crippen molar-refractivity contribution in [1.29, 1.82) is 0 Å². The zero-order valence-electron chi connectivity index (χ0n) is 12.2. The van der Waals surface area contributed by atoms with Crippen LogP contribution < -0.4 is 11.5 Å². The molecular formula is C14H20N4O3. The van der Waals surface area contributed by atoms with E-state index in [1.54, 1.807) is 4.90 Å². The van der Waals surface area contributed by atoms with Gasteiger partial charge >= 0.3 is 0 Å². The third-order valence-corrected chi connectivity index (χ3v) is 4.07. The fourth-order valence-corrected chi connectivity index (χ4v) is 2.56. The van der Waals surface area contributed by atoms with Crippen LogP contribution in [0, 0.1) is 15.5 Å². The summed E-state index contributed by atoms with van der Waals surface area (Å²) in [5, 5.41) is 10.9. The van der Waals surface area contributed by atoms with Crippen molar-refractivity contribution in [1.82, 2.24) is 4.90 Å². The van der Waals surface area contributed by atoms with Crippen LogP contribution in [0.2, 0.25) is 0 Å². The molecule has 1 atom stereocenters. The number of nitrogens with zero attached hydrogens (tertiary/aromatic N) is 2. The minimum absolute atomic E-state index is 0.0438. The zero-order valence-corrected chi connectivity index (χ0v) is 12.2. The van der Waals surface area contributed by atoms with Crippen LogP contribution in [-0.2, 0) is 0 Å². The minimum Gasteiger partial charge on any atom is -0.393 e. The van der Waals surface area contributed by atoms with E-state index in [0.29, 0.717) is 13.1 Å².